The fourth-order valence-corrected chi connectivity index (χ4v) is 3.61. The van der Waals surface area contributed by atoms with Crippen LogP contribution in [0.4, 0.5) is 11.4 Å². The summed E-state index contributed by atoms with van der Waals surface area (Å²) in [5, 5.41) is 19.2. The van der Waals surface area contributed by atoms with Crippen LogP contribution in [0.2, 0.25) is 0 Å². The van der Waals surface area contributed by atoms with Crippen molar-refractivity contribution in [3.8, 4) is 5.69 Å². The Balaban J connectivity index is 1.49. The molecule has 0 spiro atoms. The lowest BCUT2D eigenvalue weighted by atomic mass is 10.1. The molecule has 0 saturated carbocycles. The second-order valence-electron chi connectivity index (χ2n) is 7.90. The maximum Gasteiger partial charge on any atom is 0.293 e. The van der Waals surface area contributed by atoms with Crippen LogP contribution in [0.25, 0.3) is 5.69 Å². The first-order chi connectivity index (χ1) is 16.4. The van der Waals surface area contributed by atoms with Crippen LogP contribution in [0.1, 0.15) is 34.6 Å². The summed E-state index contributed by atoms with van der Waals surface area (Å²) in [7, 11) is 1.66. The van der Waals surface area contributed by atoms with Crippen molar-refractivity contribution in [2.45, 2.75) is 19.5 Å². The number of nitro benzene ring substituents is 1. The first kappa shape index (κ1) is 22.7. The quantitative estimate of drug-likeness (QED) is 0.306. The van der Waals surface area contributed by atoms with E-state index in [4.69, 9.17) is 0 Å². The molecule has 1 N–H and O–H groups in total. The fraction of sp³-hybridized carbons (Fsp3) is 0.160. The van der Waals surface area contributed by atoms with E-state index < -0.39 is 4.92 Å². The number of aromatic nitrogens is 3. The minimum atomic E-state index is -0.492. The van der Waals surface area contributed by atoms with Crippen molar-refractivity contribution in [2.75, 3.05) is 12.4 Å². The van der Waals surface area contributed by atoms with Crippen LogP contribution in [0, 0.1) is 10.1 Å². The molecule has 0 saturated heterocycles. The number of nitrogens with one attached hydrogen (secondary N) is 1. The number of pyridine rings is 1. The van der Waals surface area contributed by atoms with Crippen LogP contribution in [0.15, 0.2) is 85.3 Å². The number of para-hydroxylation sites is 1. The van der Waals surface area contributed by atoms with Crippen LogP contribution in [-0.4, -0.2) is 37.5 Å². The van der Waals surface area contributed by atoms with Crippen molar-refractivity contribution in [1.29, 1.82) is 0 Å². The van der Waals surface area contributed by atoms with Crippen molar-refractivity contribution < 1.29 is 9.72 Å². The Morgan fingerprint density at radius 1 is 1.15 bits per heavy atom. The van der Waals surface area contributed by atoms with Gasteiger partial charge < -0.3 is 10.2 Å². The molecular formula is C25H24N6O3. The summed E-state index contributed by atoms with van der Waals surface area (Å²) in [6, 6.07) is 19.4. The standard InChI is InChI=1S/C25H24N6O3/c1-18(22-10-6-7-13-26-22)28-23-12-11-20(14-24(23)31(33)34)25(32)29(2)16-19-15-27-30(17-19)21-8-4-3-5-9-21/h3-15,17-18,28H,16H2,1-2H3. The van der Waals surface area contributed by atoms with E-state index in [-0.39, 0.29) is 23.2 Å². The van der Waals surface area contributed by atoms with Gasteiger partial charge in [-0.3, -0.25) is 19.9 Å². The second-order valence-corrected chi connectivity index (χ2v) is 7.90. The van der Waals surface area contributed by atoms with E-state index in [1.807, 2.05) is 61.7 Å². The second kappa shape index (κ2) is 9.95. The Morgan fingerprint density at radius 2 is 1.91 bits per heavy atom. The SMILES string of the molecule is CC(Nc1ccc(C(=O)N(C)Cc2cnn(-c3ccccc3)c2)cc1[N+](=O)[O-])c1ccccn1. The zero-order chi connectivity index (χ0) is 24.1. The zero-order valence-corrected chi connectivity index (χ0v) is 18.8. The molecule has 34 heavy (non-hydrogen) atoms. The molecule has 0 fully saturated rings. The van der Waals surface area contributed by atoms with Crippen LogP contribution in [-0.2, 0) is 6.54 Å². The van der Waals surface area contributed by atoms with Crippen molar-refractivity contribution in [2.24, 2.45) is 0 Å². The van der Waals surface area contributed by atoms with Gasteiger partial charge in [-0.2, -0.15) is 5.10 Å². The summed E-state index contributed by atoms with van der Waals surface area (Å²) in [6.07, 6.45) is 5.22. The molecule has 2 aromatic heterocycles. The summed E-state index contributed by atoms with van der Waals surface area (Å²) in [6.45, 7) is 2.19. The molecule has 1 unspecified atom stereocenters. The molecule has 0 aliphatic heterocycles. The Hall–Kier alpha value is -4.53. The third kappa shape index (κ3) is 5.09. The summed E-state index contributed by atoms with van der Waals surface area (Å²) in [5.74, 6) is -0.320. The van der Waals surface area contributed by atoms with Gasteiger partial charge in [-0.25, -0.2) is 4.68 Å². The van der Waals surface area contributed by atoms with Gasteiger partial charge in [0.2, 0.25) is 0 Å². The smallest absolute Gasteiger partial charge is 0.293 e. The van der Waals surface area contributed by atoms with Gasteiger partial charge >= 0.3 is 0 Å². The molecule has 4 aromatic rings. The van der Waals surface area contributed by atoms with E-state index in [9.17, 15) is 14.9 Å². The van der Waals surface area contributed by atoms with Crippen molar-refractivity contribution in [3.63, 3.8) is 0 Å². The monoisotopic (exact) mass is 456 g/mol. The first-order valence-corrected chi connectivity index (χ1v) is 10.7. The molecule has 0 bridgehead atoms. The largest absolute Gasteiger partial charge is 0.371 e. The number of benzene rings is 2. The third-order valence-corrected chi connectivity index (χ3v) is 5.37. The fourth-order valence-electron chi connectivity index (χ4n) is 3.61. The van der Waals surface area contributed by atoms with Gasteiger partial charge in [0.05, 0.1) is 28.5 Å². The number of rotatable bonds is 8. The van der Waals surface area contributed by atoms with Crippen molar-refractivity contribution in [1.82, 2.24) is 19.7 Å². The Labute approximate surface area is 196 Å². The lowest BCUT2D eigenvalue weighted by Gasteiger charge is -2.18. The highest BCUT2D eigenvalue weighted by molar-refractivity contribution is 5.95. The maximum absolute atomic E-state index is 13.0. The molecule has 0 radical (unpaired) electrons. The molecule has 172 valence electrons. The number of anilines is 1. The average Bonchev–Trinajstić information content (AvgIpc) is 3.33. The molecule has 2 aromatic carbocycles. The maximum atomic E-state index is 13.0. The molecule has 9 heteroatoms. The summed E-state index contributed by atoms with van der Waals surface area (Å²) in [4.78, 5) is 30.0. The van der Waals surface area contributed by atoms with Crippen LogP contribution in [0.3, 0.4) is 0 Å². The molecule has 1 atom stereocenters. The number of hydrogen-bond acceptors (Lipinski definition) is 6. The van der Waals surface area contributed by atoms with Crippen LogP contribution < -0.4 is 5.32 Å². The number of carbonyl (C=O) groups excluding carboxylic acids is 1. The van der Waals surface area contributed by atoms with E-state index in [2.05, 4.69) is 15.4 Å². The number of amides is 1. The minimum Gasteiger partial charge on any atom is -0.371 e. The molecular weight excluding hydrogens is 432 g/mol. The number of carbonyl (C=O) groups is 1. The summed E-state index contributed by atoms with van der Waals surface area (Å²) in [5.41, 5.74) is 2.91. The summed E-state index contributed by atoms with van der Waals surface area (Å²) < 4.78 is 1.74. The first-order valence-electron chi connectivity index (χ1n) is 10.7. The third-order valence-electron chi connectivity index (χ3n) is 5.37. The van der Waals surface area contributed by atoms with Gasteiger partial charge in [0.15, 0.2) is 0 Å². The number of nitro groups is 1. The molecule has 4 rings (SSSR count). The van der Waals surface area contributed by atoms with E-state index in [1.54, 1.807) is 36.3 Å². The molecule has 0 aliphatic rings. The zero-order valence-electron chi connectivity index (χ0n) is 18.8. The van der Waals surface area contributed by atoms with E-state index in [0.717, 1.165) is 16.9 Å². The summed E-state index contributed by atoms with van der Waals surface area (Å²) >= 11 is 0. The average molecular weight is 457 g/mol. The van der Waals surface area contributed by atoms with E-state index in [0.29, 0.717) is 12.2 Å². The van der Waals surface area contributed by atoms with Crippen molar-refractivity contribution in [3.05, 3.63) is 112 Å². The van der Waals surface area contributed by atoms with Gasteiger partial charge in [0.1, 0.15) is 5.69 Å². The van der Waals surface area contributed by atoms with Crippen molar-refractivity contribution >= 4 is 17.3 Å². The number of nitrogens with zero attached hydrogens (tertiary/aromatic N) is 5. The Kier molecular flexibility index (Phi) is 6.63. The molecule has 1 amide bonds. The predicted octanol–water partition coefficient (Wildman–Crippen LogP) is 4.62. The topological polar surface area (TPSA) is 106 Å². The Bertz CT molecular complexity index is 1290. The van der Waals surface area contributed by atoms with Crippen LogP contribution in [0.5, 0.6) is 0 Å². The van der Waals surface area contributed by atoms with Gasteiger partial charge in [-0.1, -0.05) is 24.3 Å². The highest BCUT2D eigenvalue weighted by Crippen LogP contribution is 2.29. The van der Waals surface area contributed by atoms with E-state index in [1.165, 1.54) is 11.0 Å². The van der Waals surface area contributed by atoms with Gasteiger partial charge in [0.25, 0.3) is 11.6 Å². The molecule has 9 nitrogen and oxygen atoms in total. The highest BCUT2D eigenvalue weighted by Gasteiger charge is 2.21. The lowest BCUT2D eigenvalue weighted by molar-refractivity contribution is -0.384. The minimum absolute atomic E-state index is 0.168. The number of hydrogen-bond donors (Lipinski definition) is 1. The van der Waals surface area contributed by atoms with E-state index >= 15 is 0 Å². The Morgan fingerprint density at radius 3 is 2.62 bits per heavy atom. The van der Waals surface area contributed by atoms with Gasteiger partial charge in [0, 0.05) is 43.2 Å². The molecule has 2 heterocycles. The highest BCUT2D eigenvalue weighted by atomic mass is 16.6. The predicted molar refractivity (Wildman–Crippen MR) is 129 cm³/mol. The molecule has 0 aliphatic carbocycles. The van der Waals surface area contributed by atoms with Gasteiger partial charge in [-0.05, 0) is 43.3 Å². The van der Waals surface area contributed by atoms with Gasteiger partial charge in [-0.15, -0.1) is 0 Å². The lowest BCUT2D eigenvalue weighted by Crippen LogP contribution is -2.26. The van der Waals surface area contributed by atoms with Crippen LogP contribution >= 0.6 is 0 Å². The normalized spacial score (nSPS) is 11.6.